The van der Waals surface area contributed by atoms with Crippen molar-refractivity contribution < 1.29 is 23.5 Å². The fourth-order valence-corrected chi connectivity index (χ4v) is 3.20. The monoisotopic (exact) mass is 428 g/mol. The Balaban J connectivity index is 1.89. The summed E-state index contributed by atoms with van der Waals surface area (Å²) in [5.41, 5.74) is -0.0791. The number of esters is 1. The zero-order valence-corrected chi connectivity index (χ0v) is 16.4. The lowest BCUT2D eigenvalue weighted by Crippen LogP contribution is -2.45. The van der Waals surface area contributed by atoms with Crippen LogP contribution in [0.3, 0.4) is 0 Å². The van der Waals surface area contributed by atoms with Gasteiger partial charge in [-0.1, -0.05) is 15.9 Å². The van der Waals surface area contributed by atoms with E-state index in [1.165, 1.54) is 24.1 Å². The van der Waals surface area contributed by atoms with Crippen molar-refractivity contribution in [3.63, 3.8) is 0 Å². The van der Waals surface area contributed by atoms with Crippen LogP contribution in [0.5, 0.6) is 0 Å². The lowest BCUT2D eigenvalue weighted by Gasteiger charge is -2.32. The molecule has 0 unspecified atom stereocenters. The molecule has 1 fully saturated rings. The zero-order valence-electron chi connectivity index (χ0n) is 14.8. The zero-order chi connectivity index (χ0) is 19.3. The molecule has 0 atom stereocenters. The van der Waals surface area contributed by atoms with E-state index in [0.29, 0.717) is 37.0 Å². The van der Waals surface area contributed by atoms with Crippen LogP contribution in [-0.2, 0) is 14.3 Å². The van der Waals surface area contributed by atoms with E-state index in [1.54, 1.807) is 17.9 Å². The summed E-state index contributed by atoms with van der Waals surface area (Å²) in [7, 11) is 1.47. The predicted molar refractivity (Wildman–Crippen MR) is 97.0 cm³/mol. The maximum Gasteiger partial charge on any atom is 0.309 e. The third-order valence-corrected chi connectivity index (χ3v) is 4.84. The number of carbonyl (C=O) groups excluding carboxylic acids is 3. The standard InChI is InChI=1S/C18H22BrFN2O4/c1-3-26-18(25)12-6-8-22(9-7-12)16(23)11-21(2)17(24)14-5-4-13(19)10-15(14)20/h4-5,10,12H,3,6-9,11H2,1-2H3. The summed E-state index contributed by atoms with van der Waals surface area (Å²) < 4.78 is 19.5. The fourth-order valence-electron chi connectivity index (χ4n) is 2.87. The number of hydrogen-bond donors (Lipinski definition) is 0. The molecule has 0 aliphatic carbocycles. The number of likely N-dealkylation sites (tertiary alicyclic amines) is 1. The summed E-state index contributed by atoms with van der Waals surface area (Å²) in [4.78, 5) is 39.3. The molecule has 1 heterocycles. The molecule has 6 nitrogen and oxygen atoms in total. The Morgan fingerprint density at radius 3 is 2.54 bits per heavy atom. The molecular weight excluding hydrogens is 407 g/mol. The minimum atomic E-state index is -0.640. The number of carbonyl (C=O) groups is 3. The SMILES string of the molecule is CCOC(=O)C1CCN(C(=O)CN(C)C(=O)c2ccc(Br)cc2F)CC1. The van der Waals surface area contributed by atoms with Crippen molar-refractivity contribution in [2.45, 2.75) is 19.8 Å². The first-order chi connectivity index (χ1) is 12.3. The van der Waals surface area contributed by atoms with Gasteiger partial charge in [-0.05, 0) is 38.0 Å². The molecule has 0 radical (unpaired) electrons. The molecule has 0 N–H and O–H groups in total. The van der Waals surface area contributed by atoms with E-state index in [0.717, 1.165) is 0 Å². The molecule has 1 aliphatic heterocycles. The number of likely N-dealkylation sites (N-methyl/N-ethyl adjacent to an activating group) is 1. The quantitative estimate of drug-likeness (QED) is 0.675. The topological polar surface area (TPSA) is 66.9 Å². The molecule has 0 spiro atoms. The Morgan fingerprint density at radius 2 is 1.96 bits per heavy atom. The first kappa shape index (κ1) is 20.4. The maximum absolute atomic E-state index is 13.9. The summed E-state index contributed by atoms with van der Waals surface area (Å²) in [5.74, 6) is -1.82. The van der Waals surface area contributed by atoms with Crippen LogP contribution in [0.4, 0.5) is 4.39 Å². The summed E-state index contributed by atoms with van der Waals surface area (Å²) in [6.45, 7) is 2.85. The van der Waals surface area contributed by atoms with Crippen molar-refractivity contribution in [1.29, 1.82) is 0 Å². The van der Waals surface area contributed by atoms with Crippen LogP contribution in [0.2, 0.25) is 0 Å². The second-order valence-corrected chi connectivity index (χ2v) is 7.11. The van der Waals surface area contributed by atoms with Crippen molar-refractivity contribution in [3.05, 3.63) is 34.1 Å². The number of benzene rings is 1. The Morgan fingerprint density at radius 1 is 1.31 bits per heavy atom. The molecular formula is C18H22BrFN2O4. The largest absolute Gasteiger partial charge is 0.466 e. The van der Waals surface area contributed by atoms with Crippen molar-refractivity contribution >= 4 is 33.7 Å². The van der Waals surface area contributed by atoms with E-state index in [9.17, 15) is 18.8 Å². The van der Waals surface area contributed by atoms with Gasteiger partial charge in [-0.15, -0.1) is 0 Å². The van der Waals surface area contributed by atoms with E-state index in [1.807, 2.05) is 0 Å². The summed E-state index contributed by atoms with van der Waals surface area (Å²) in [6, 6.07) is 4.17. The van der Waals surface area contributed by atoms with E-state index in [-0.39, 0.29) is 29.9 Å². The van der Waals surface area contributed by atoms with Gasteiger partial charge in [0.15, 0.2) is 0 Å². The van der Waals surface area contributed by atoms with Gasteiger partial charge in [-0.3, -0.25) is 14.4 Å². The second-order valence-electron chi connectivity index (χ2n) is 6.19. The smallest absolute Gasteiger partial charge is 0.309 e. The normalized spacial score (nSPS) is 14.8. The number of rotatable bonds is 5. The van der Waals surface area contributed by atoms with Gasteiger partial charge in [0.05, 0.1) is 24.6 Å². The van der Waals surface area contributed by atoms with Crippen LogP contribution in [-0.4, -0.2) is 60.9 Å². The number of piperidine rings is 1. The van der Waals surface area contributed by atoms with Crippen LogP contribution in [0.1, 0.15) is 30.1 Å². The van der Waals surface area contributed by atoms with Crippen LogP contribution in [0.15, 0.2) is 22.7 Å². The molecule has 8 heteroatoms. The molecule has 2 amide bonds. The van der Waals surface area contributed by atoms with Crippen molar-refractivity contribution in [2.75, 3.05) is 33.3 Å². The van der Waals surface area contributed by atoms with Gasteiger partial charge < -0.3 is 14.5 Å². The predicted octanol–water partition coefficient (Wildman–Crippen LogP) is 2.46. The number of ether oxygens (including phenoxy) is 1. The van der Waals surface area contributed by atoms with Gasteiger partial charge >= 0.3 is 5.97 Å². The Labute approximate surface area is 160 Å². The van der Waals surface area contributed by atoms with Gasteiger partial charge in [0.2, 0.25) is 5.91 Å². The minimum absolute atomic E-state index is 0.0791. The lowest BCUT2D eigenvalue weighted by atomic mass is 9.97. The molecule has 0 bridgehead atoms. The first-order valence-electron chi connectivity index (χ1n) is 8.48. The number of nitrogens with zero attached hydrogens (tertiary/aromatic N) is 2. The molecule has 1 aromatic rings. The van der Waals surface area contributed by atoms with E-state index >= 15 is 0 Å². The third-order valence-electron chi connectivity index (χ3n) is 4.35. The Kier molecular flexibility index (Phi) is 7.14. The highest BCUT2D eigenvalue weighted by Crippen LogP contribution is 2.20. The average molecular weight is 429 g/mol. The van der Waals surface area contributed by atoms with Gasteiger partial charge in [-0.25, -0.2) is 4.39 Å². The van der Waals surface area contributed by atoms with E-state index < -0.39 is 11.7 Å². The molecule has 1 saturated heterocycles. The summed E-state index contributed by atoms with van der Waals surface area (Å²) >= 11 is 3.14. The van der Waals surface area contributed by atoms with Crippen molar-refractivity contribution in [2.24, 2.45) is 5.92 Å². The Bertz CT molecular complexity index is 690. The number of halogens is 2. The van der Waals surface area contributed by atoms with Crippen LogP contribution in [0, 0.1) is 11.7 Å². The van der Waals surface area contributed by atoms with Crippen LogP contribution in [0.25, 0.3) is 0 Å². The molecule has 2 rings (SSSR count). The van der Waals surface area contributed by atoms with Crippen LogP contribution < -0.4 is 0 Å². The highest BCUT2D eigenvalue weighted by molar-refractivity contribution is 9.10. The number of amides is 2. The average Bonchev–Trinajstić information content (AvgIpc) is 2.61. The molecule has 142 valence electrons. The van der Waals surface area contributed by atoms with Crippen LogP contribution >= 0.6 is 15.9 Å². The molecule has 0 saturated carbocycles. The van der Waals surface area contributed by atoms with E-state index in [4.69, 9.17) is 4.74 Å². The molecule has 1 aromatic carbocycles. The molecule has 26 heavy (non-hydrogen) atoms. The van der Waals surface area contributed by atoms with Crippen molar-refractivity contribution in [1.82, 2.24) is 9.80 Å². The third kappa shape index (κ3) is 5.03. The van der Waals surface area contributed by atoms with Gasteiger partial charge in [0.1, 0.15) is 5.82 Å². The maximum atomic E-state index is 13.9. The first-order valence-corrected chi connectivity index (χ1v) is 9.27. The Hall–Kier alpha value is -1.96. The summed E-state index contributed by atoms with van der Waals surface area (Å²) in [6.07, 6.45) is 1.09. The van der Waals surface area contributed by atoms with Crippen molar-refractivity contribution in [3.8, 4) is 0 Å². The summed E-state index contributed by atoms with van der Waals surface area (Å²) in [5, 5.41) is 0. The highest BCUT2D eigenvalue weighted by Gasteiger charge is 2.29. The highest BCUT2D eigenvalue weighted by atomic mass is 79.9. The molecule has 0 aromatic heterocycles. The van der Waals surface area contributed by atoms with E-state index in [2.05, 4.69) is 15.9 Å². The minimum Gasteiger partial charge on any atom is -0.466 e. The van der Waals surface area contributed by atoms with Gasteiger partial charge in [0, 0.05) is 24.6 Å². The van der Waals surface area contributed by atoms with Gasteiger partial charge in [-0.2, -0.15) is 0 Å². The number of hydrogen-bond acceptors (Lipinski definition) is 4. The molecule has 1 aliphatic rings. The fraction of sp³-hybridized carbons (Fsp3) is 0.500. The van der Waals surface area contributed by atoms with Gasteiger partial charge in [0.25, 0.3) is 5.91 Å². The lowest BCUT2D eigenvalue weighted by molar-refractivity contribution is -0.151. The second kappa shape index (κ2) is 9.12.